The highest BCUT2D eigenvalue weighted by Crippen LogP contribution is 2.24. The fourth-order valence-corrected chi connectivity index (χ4v) is 1.06. The molecule has 1 fully saturated rings. The molecule has 0 amide bonds. The Balaban J connectivity index is 2.39. The first-order chi connectivity index (χ1) is 5.27. The van der Waals surface area contributed by atoms with E-state index in [-0.39, 0.29) is 6.04 Å². The zero-order valence-electron chi connectivity index (χ0n) is 5.77. The third-order valence-corrected chi connectivity index (χ3v) is 1.75. The third-order valence-electron chi connectivity index (χ3n) is 1.75. The van der Waals surface area contributed by atoms with Gasteiger partial charge in [0.2, 0.25) is 0 Å². The highest BCUT2D eigenvalue weighted by Gasteiger charge is 2.25. The molecule has 1 saturated heterocycles. The maximum Gasteiger partial charge on any atom is 0.130 e. The van der Waals surface area contributed by atoms with Crippen LogP contribution in [0.1, 0.15) is 11.6 Å². The van der Waals surface area contributed by atoms with E-state index in [1.807, 2.05) is 0 Å². The van der Waals surface area contributed by atoms with Crippen LogP contribution in [0.5, 0.6) is 0 Å². The predicted octanol–water partition coefficient (Wildman–Crippen LogP) is 1.61. The maximum absolute atomic E-state index is 12.9. The molecule has 1 N–H and O–H groups in total. The van der Waals surface area contributed by atoms with E-state index in [1.165, 1.54) is 12.1 Å². The van der Waals surface area contributed by atoms with Crippen LogP contribution in [0.15, 0.2) is 18.2 Å². The summed E-state index contributed by atoms with van der Waals surface area (Å²) < 4.78 is 25.2. The summed E-state index contributed by atoms with van der Waals surface area (Å²) in [5.74, 6) is -0.980. The van der Waals surface area contributed by atoms with Crippen LogP contribution in [-0.4, -0.2) is 6.54 Å². The molecule has 1 atom stereocenters. The highest BCUT2D eigenvalue weighted by atomic mass is 19.1. The SMILES string of the molecule is Fc1ccc([C@H]2CN2)c(F)c1. The Hall–Kier alpha value is -0.960. The number of hydrogen-bond donors (Lipinski definition) is 1. The van der Waals surface area contributed by atoms with Crippen LogP contribution in [0.2, 0.25) is 0 Å². The second-order valence-corrected chi connectivity index (χ2v) is 2.63. The first-order valence-corrected chi connectivity index (χ1v) is 3.46. The molecule has 0 spiro atoms. The summed E-state index contributed by atoms with van der Waals surface area (Å²) in [4.78, 5) is 0. The maximum atomic E-state index is 12.9. The lowest BCUT2D eigenvalue weighted by Crippen LogP contribution is -1.90. The minimum Gasteiger partial charge on any atom is -0.307 e. The second kappa shape index (κ2) is 2.27. The molecule has 11 heavy (non-hydrogen) atoms. The molecule has 0 radical (unpaired) electrons. The van der Waals surface area contributed by atoms with Crippen LogP contribution >= 0.6 is 0 Å². The normalized spacial score (nSPS) is 21.8. The number of benzene rings is 1. The van der Waals surface area contributed by atoms with Gasteiger partial charge >= 0.3 is 0 Å². The minimum absolute atomic E-state index is 0.107. The molecule has 0 unspecified atom stereocenters. The van der Waals surface area contributed by atoms with Gasteiger partial charge < -0.3 is 5.32 Å². The fourth-order valence-electron chi connectivity index (χ4n) is 1.06. The van der Waals surface area contributed by atoms with Crippen LogP contribution in [0.25, 0.3) is 0 Å². The summed E-state index contributed by atoms with van der Waals surface area (Å²) in [5.41, 5.74) is 0.561. The summed E-state index contributed by atoms with van der Waals surface area (Å²) in [6.07, 6.45) is 0. The molecular weight excluding hydrogens is 148 g/mol. The molecule has 0 bridgehead atoms. The van der Waals surface area contributed by atoms with Gasteiger partial charge in [-0.1, -0.05) is 6.07 Å². The first kappa shape index (κ1) is 6.73. The van der Waals surface area contributed by atoms with Crippen molar-refractivity contribution in [2.75, 3.05) is 6.54 Å². The lowest BCUT2D eigenvalue weighted by Gasteiger charge is -1.97. The van der Waals surface area contributed by atoms with E-state index < -0.39 is 11.6 Å². The molecule has 2 rings (SSSR count). The van der Waals surface area contributed by atoms with Gasteiger partial charge in [0.15, 0.2) is 0 Å². The van der Waals surface area contributed by atoms with Crippen molar-refractivity contribution in [3.8, 4) is 0 Å². The third kappa shape index (κ3) is 1.24. The number of hydrogen-bond acceptors (Lipinski definition) is 1. The van der Waals surface area contributed by atoms with Gasteiger partial charge in [-0.2, -0.15) is 0 Å². The highest BCUT2D eigenvalue weighted by molar-refractivity contribution is 5.25. The van der Waals surface area contributed by atoms with Crippen molar-refractivity contribution in [2.24, 2.45) is 0 Å². The van der Waals surface area contributed by atoms with E-state index in [0.717, 1.165) is 12.6 Å². The Bertz CT molecular complexity index is 281. The number of halogens is 2. The second-order valence-electron chi connectivity index (χ2n) is 2.63. The Morgan fingerprint density at radius 3 is 2.64 bits per heavy atom. The van der Waals surface area contributed by atoms with E-state index >= 15 is 0 Å². The van der Waals surface area contributed by atoms with Crippen LogP contribution in [0.4, 0.5) is 8.78 Å². The molecule has 1 aromatic rings. The van der Waals surface area contributed by atoms with E-state index in [9.17, 15) is 8.78 Å². The largest absolute Gasteiger partial charge is 0.307 e. The first-order valence-electron chi connectivity index (χ1n) is 3.46. The molecule has 3 heteroatoms. The lowest BCUT2D eigenvalue weighted by atomic mass is 10.1. The molecule has 0 saturated carbocycles. The minimum atomic E-state index is -0.521. The quantitative estimate of drug-likeness (QED) is 0.611. The van der Waals surface area contributed by atoms with Gasteiger partial charge in [-0.05, 0) is 6.07 Å². The molecule has 0 aromatic heterocycles. The van der Waals surface area contributed by atoms with Crippen LogP contribution in [0, 0.1) is 11.6 Å². The molecule has 1 nitrogen and oxygen atoms in total. The topological polar surface area (TPSA) is 21.9 Å². The number of nitrogens with one attached hydrogen (secondary N) is 1. The summed E-state index contributed by atoms with van der Waals surface area (Å²) in [7, 11) is 0. The fraction of sp³-hybridized carbons (Fsp3) is 0.250. The summed E-state index contributed by atoms with van der Waals surface area (Å²) in [6, 6.07) is 3.78. The van der Waals surface area contributed by atoms with Gasteiger partial charge in [0, 0.05) is 24.2 Å². The Kier molecular flexibility index (Phi) is 1.39. The molecule has 1 heterocycles. The standard InChI is InChI=1S/C8H7F2N/c9-5-1-2-6(7(10)3-5)8-4-11-8/h1-3,8,11H,4H2/t8-/m1/s1. The van der Waals surface area contributed by atoms with Crippen LogP contribution in [0.3, 0.4) is 0 Å². The summed E-state index contributed by atoms with van der Waals surface area (Å²) in [5, 5.41) is 2.95. The van der Waals surface area contributed by atoms with Crippen molar-refractivity contribution in [1.82, 2.24) is 5.32 Å². The zero-order valence-corrected chi connectivity index (χ0v) is 5.77. The monoisotopic (exact) mass is 155 g/mol. The van der Waals surface area contributed by atoms with Crippen molar-refractivity contribution in [1.29, 1.82) is 0 Å². The molecule has 1 aromatic carbocycles. The lowest BCUT2D eigenvalue weighted by molar-refractivity contribution is 0.572. The summed E-state index contributed by atoms with van der Waals surface area (Å²) >= 11 is 0. The molecule has 58 valence electrons. The van der Waals surface area contributed by atoms with Gasteiger partial charge in [-0.25, -0.2) is 8.78 Å². The van der Waals surface area contributed by atoms with E-state index in [2.05, 4.69) is 5.32 Å². The van der Waals surface area contributed by atoms with Gasteiger partial charge in [-0.15, -0.1) is 0 Å². The predicted molar refractivity (Wildman–Crippen MR) is 37.1 cm³/mol. The zero-order chi connectivity index (χ0) is 7.84. The smallest absolute Gasteiger partial charge is 0.130 e. The summed E-state index contributed by atoms with van der Waals surface area (Å²) in [6.45, 7) is 0.794. The van der Waals surface area contributed by atoms with Crippen molar-refractivity contribution in [3.63, 3.8) is 0 Å². The van der Waals surface area contributed by atoms with Crippen LogP contribution < -0.4 is 5.32 Å². The van der Waals surface area contributed by atoms with E-state index in [0.29, 0.717) is 5.56 Å². The van der Waals surface area contributed by atoms with Crippen molar-refractivity contribution >= 4 is 0 Å². The van der Waals surface area contributed by atoms with Gasteiger partial charge in [0.05, 0.1) is 0 Å². The van der Waals surface area contributed by atoms with Gasteiger partial charge in [0.1, 0.15) is 11.6 Å². The Morgan fingerprint density at radius 1 is 1.36 bits per heavy atom. The molecule has 1 aliphatic rings. The number of rotatable bonds is 1. The van der Waals surface area contributed by atoms with E-state index in [1.54, 1.807) is 0 Å². The molecule has 1 aliphatic heterocycles. The van der Waals surface area contributed by atoms with Crippen molar-refractivity contribution < 1.29 is 8.78 Å². The Labute approximate surface area is 63.0 Å². The van der Waals surface area contributed by atoms with Gasteiger partial charge in [-0.3, -0.25) is 0 Å². The van der Waals surface area contributed by atoms with Crippen molar-refractivity contribution in [2.45, 2.75) is 6.04 Å². The van der Waals surface area contributed by atoms with Gasteiger partial charge in [0.25, 0.3) is 0 Å². The van der Waals surface area contributed by atoms with E-state index in [4.69, 9.17) is 0 Å². The Morgan fingerprint density at radius 2 is 2.09 bits per heavy atom. The van der Waals surface area contributed by atoms with Crippen molar-refractivity contribution in [3.05, 3.63) is 35.4 Å². The van der Waals surface area contributed by atoms with Crippen LogP contribution in [-0.2, 0) is 0 Å². The molecular formula is C8H7F2N. The average molecular weight is 155 g/mol. The molecule has 0 aliphatic carbocycles. The average Bonchev–Trinajstić information content (AvgIpc) is 2.70.